The number of amides is 3. The summed E-state index contributed by atoms with van der Waals surface area (Å²) in [5.41, 5.74) is 0. The van der Waals surface area contributed by atoms with Gasteiger partial charge in [-0.15, -0.1) is 0 Å². The number of carbonyl (C=O) groups is 3. The first kappa shape index (κ1) is 10.7. The molecule has 1 heterocycles. The summed E-state index contributed by atoms with van der Waals surface area (Å²) in [5, 5.41) is 2.21. The number of nitrogens with one attached hydrogen (secondary N) is 1. The van der Waals surface area contributed by atoms with Crippen LogP contribution in [0.4, 0.5) is 0 Å². The van der Waals surface area contributed by atoms with Crippen LogP contribution in [0.1, 0.15) is 25.7 Å². The Morgan fingerprint density at radius 1 is 1.06 bits per heavy atom. The van der Waals surface area contributed by atoms with Gasteiger partial charge in [-0.1, -0.05) is 12.8 Å². The average molecular weight is 236 g/mol. The highest BCUT2D eigenvalue weighted by molar-refractivity contribution is 6.03. The van der Waals surface area contributed by atoms with Crippen LogP contribution in [0.5, 0.6) is 0 Å². The van der Waals surface area contributed by atoms with Crippen LogP contribution in [-0.2, 0) is 14.4 Å². The molecule has 2 unspecified atom stereocenters. The topological polar surface area (TPSA) is 66.5 Å². The Kier molecular flexibility index (Phi) is 2.42. The number of rotatable bonds is 1. The summed E-state index contributed by atoms with van der Waals surface area (Å²) in [6.45, 7) is 0.0844. The van der Waals surface area contributed by atoms with E-state index >= 15 is 0 Å². The number of fused-ring (bicyclic) bond motifs is 1. The van der Waals surface area contributed by atoms with Crippen molar-refractivity contribution < 1.29 is 14.4 Å². The van der Waals surface area contributed by atoms with Crippen molar-refractivity contribution in [1.82, 2.24) is 10.2 Å². The molecule has 3 aliphatic rings. The van der Waals surface area contributed by atoms with Crippen LogP contribution in [0.3, 0.4) is 0 Å². The molecule has 0 radical (unpaired) electrons. The second-order valence-corrected chi connectivity index (χ2v) is 5.30. The number of hydrogen-bond acceptors (Lipinski definition) is 3. The van der Waals surface area contributed by atoms with Gasteiger partial charge < -0.3 is 4.90 Å². The Hall–Kier alpha value is -1.39. The first-order valence-electron chi connectivity index (χ1n) is 6.28. The van der Waals surface area contributed by atoms with Gasteiger partial charge in [0.25, 0.3) is 0 Å². The van der Waals surface area contributed by atoms with E-state index < -0.39 is 0 Å². The molecule has 5 nitrogen and oxygen atoms in total. The van der Waals surface area contributed by atoms with E-state index in [4.69, 9.17) is 0 Å². The summed E-state index contributed by atoms with van der Waals surface area (Å²) in [6.07, 6.45) is 4.69. The molecule has 0 spiro atoms. The summed E-state index contributed by atoms with van der Waals surface area (Å²) in [5.74, 6) is 0.436. The van der Waals surface area contributed by atoms with Crippen molar-refractivity contribution in [2.75, 3.05) is 13.1 Å². The summed E-state index contributed by atoms with van der Waals surface area (Å²) in [4.78, 5) is 36.1. The first-order chi connectivity index (χ1) is 8.16. The third-order valence-electron chi connectivity index (χ3n) is 4.20. The van der Waals surface area contributed by atoms with E-state index in [1.807, 2.05) is 0 Å². The Bertz CT molecular complexity index is 365. The lowest BCUT2D eigenvalue weighted by Crippen LogP contribution is -2.53. The van der Waals surface area contributed by atoms with Gasteiger partial charge in [0, 0.05) is 5.92 Å². The smallest absolute Gasteiger partial charge is 0.246 e. The fourth-order valence-electron chi connectivity index (χ4n) is 3.36. The molecular formula is C12H16N2O3. The van der Waals surface area contributed by atoms with Crippen molar-refractivity contribution >= 4 is 17.7 Å². The summed E-state index contributed by atoms with van der Waals surface area (Å²) in [7, 11) is 0. The molecule has 0 aromatic carbocycles. The van der Waals surface area contributed by atoms with Gasteiger partial charge in [-0.2, -0.15) is 0 Å². The molecule has 2 saturated carbocycles. The summed E-state index contributed by atoms with van der Waals surface area (Å²) < 4.78 is 0. The first-order valence-corrected chi connectivity index (χ1v) is 6.28. The predicted molar refractivity (Wildman–Crippen MR) is 58.7 cm³/mol. The van der Waals surface area contributed by atoms with Gasteiger partial charge in [-0.05, 0) is 24.7 Å². The maximum atomic E-state index is 12.2. The van der Waals surface area contributed by atoms with Gasteiger partial charge >= 0.3 is 0 Å². The monoisotopic (exact) mass is 236 g/mol. The van der Waals surface area contributed by atoms with Crippen molar-refractivity contribution in [3.8, 4) is 0 Å². The lowest BCUT2D eigenvalue weighted by molar-refractivity contribution is -0.146. The van der Waals surface area contributed by atoms with Crippen LogP contribution < -0.4 is 5.32 Å². The van der Waals surface area contributed by atoms with E-state index in [9.17, 15) is 14.4 Å². The van der Waals surface area contributed by atoms with Crippen molar-refractivity contribution in [3.05, 3.63) is 0 Å². The molecule has 3 rings (SSSR count). The van der Waals surface area contributed by atoms with E-state index in [1.54, 1.807) is 0 Å². The van der Waals surface area contributed by atoms with E-state index in [0.29, 0.717) is 11.8 Å². The lowest BCUT2D eigenvalue weighted by atomic mass is 10.0. The van der Waals surface area contributed by atoms with E-state index in [-0.39, 0.29) is 36.7 Å². The number of hydrogen-bond donors (Lipinski definition) is 1. The Morgan fingerprint density at radius 3 is 2.12 bits per heavy atom. The number of nitrogens with zero attached hydrogens (tertiary/aromatic N) is 1. The zero-order valence-electron chi connectivity index (χ0n) is 9.65. The molecular weight excluding hydrogens is 220 g/mol. The van der Waals surface area contributed by atoms with Crippen LogP contribution in [-0.4, -0.2) is 35.7 Å². The fourth-order valence-corrected chi connectivity index (χ4v) is 3.36. The molecule has 17 heavy (non-hydrogen) atoms. The Morgan fingerprint density at radius 2 is 1.59 bits per heavy atom. The molecule has 92 valence electrons. The van der Waals surface area contributed by atoms with Gasteiger partial charge in [0.1, 0.15) is 13.1 Å². The molecule has 2 aliphatic carbocycles. The highest BCUT2D eigenvalue weighted by Gasteiger charge is 2.56. The van der Waals surface area contributed by atoms with Gasteiger partial charge in [-0.3, -0.25) is 19.7 Å². The van der Waals surface area contributed by atoms with Crippen LogP contribution in [0.15, 0.2) is 0 Å². The minimum absolute atomic E-state index is 0.0186. The summed E-state index contributed by atoms with van der Waals surface area (Å²) >= 11 is 0. The maximum Gasteiger partial charge on any atom is 0.246 e. The van der Waals surface area contributed by atoms with Crippen molar-refractivity contribution in [3.63, 3.8) is 0 Å². The van der Waals surface area contributed by atoms with Crippen molar-refractivity contribution in [2.45, 2.75) is 25.7 Å². The standard InChI is InChI=1S/C12H16N2O3/c15-9-5-14(6-10(16)13-9)12(17)11-7-3-1-2-4-8(7)11/h7-8,11H,1-6H2,(H,13,15,16). The number of carbonyl (C=O) groups excluding carboxylic acids is 3. The number of piperazine rings is 1. The maximum absolute atomic E-state index is 12.2. The van der Waals surface area contributed by atoms with Gasteiger partial charge in [0.15, 0.2) is 0 Å². The second-order valence-electron chi connectivity index (χ2n) is 5.30. The van der Waals surface area contributed by atoms with Crippen LogP contribution >= 0.6 is 0 Å². The molecule has 0 aromatic rings. The van der Waals surface area contributed by atoms with Crippen LogP contribution in [0, 0.1) is 17.8 Å². The molecule has 0 aromatic heterocycles. The van der Waals surface area contributed by atoms with Crippen molar-refractivity contribution in [1.29, 1.82) is 0 Å². The molecule has 1 saturated heterocycles. The molecule has 5 heteroatoms. The van der Waals surface area contributed by atoms with Gasteiger partial charge in [-0.25, -0.2) is 0 Å². The zero-order valence-corrected chi connectivity index (χ0v) is 9.65. The summed E-state index contributed by atoms with van der Waals surface area (Å²) in [6, 6.07) is 0. The zero-order chi connectivity index (χ0) is 12.0. The predicted octanol–water partition coefficient (Wildman–Crippen LogP) is -0.0924. The Labute approximate surface area is 99.5 Å². The highest BCUT2D eigenvalue weighted by atomic mass is 16.2. The largest absolute Gasteiger partial charge is 0.324 e. The quantitative estimate of drug-likeness (QED) is 0.647. The fraction of sp³-hybridized carbons (Fsp3) is 0.750. The third kappa shape index (κ3) is 1.83. The Balaban J connectivity index is 1.66. The molecule has 0 bridgehead atoms. The van der Waals surface area contributed by atoms with Crippen LogP contribution in [0.2, 0.25) is 0 Å². The van der Waals surface area contributed by atoms with E-state index in [0.717, 1.165) is 12.8 Å². The highest BCUT2D eigenvalue weighted by Crippen LogP contribution is 2.56. The average Bonchev–Trinajstić information content (AvgIpc) is 3.00. The second kappa shape index (κ2) is 3.82. The molecule has 1 N–H and O–H groups in total. The lowest BCUT2D eigenvalue weighted by Gasteiger charge is -2.25. The molecule has 3 fully saturated rings. The van der Waals surface area contributed by atoms with Gasteiger partial charge in [0.2, 0.25) is 17.7 Å². The normalized spacial score (nSPS) is 36.2. The molecule has 3 amide bonds. The molecule has 1 aliphatic heterocycles. The minimum atomic E-state index is -0.363. The SMILES string of the molecule is O=C1CN(C(=O)C2C3CCCCC32)CC(=O)N1. The van der Waals surface area contributed by atoms with E-state index in [1.165, 1.54) is 17.7 Å². The van der Waals surface area contributed by atoms with Gasteiger partial charge in [0.05, 0.1) is 0 Å². The number of imide groups is 1. The van der Waals surface area contributed by atoms with Crippen LogP contribution in [0.25, 0.3) is 0 Å². The minimum Gasteiger partial charge on any atom is -0.324 e. The molecule has 2 atom stereocenters. The van der Waals surface area contributed by atoms with E-state index in [2.05, 4.69) is 5.32 Å². The third-order valence-corrected chi connectivity index (χ3v) is 4.20. The van der Waals surface area contributed by atoms with Crippen molar-refractivity contribution in [2.24, 2.45) is 17.8 Å².